The Hall–Kier alpha value is -1.44. The lowest BCUT2D eigenvalue weighted by atomic mass is 10.1. The first-order valence-electron chi connectivity index (χ1n) is 6.29. The lowest BCUT2D eigenvalue weighted by Crippen LogP contribution is -2.35. The van der Waals surface area contributed by atoms with Crippen molar-refractivity contribution in [2.75, 3.05) is 6.54 Å². The highest BCUT2D eigenvalue weighted by molar-refractivity contribution is 7.10. The SMILES string of the molecule is CC(O)(CNCc1ncccc1C(F)(F)F)c1cccs1. The van der Waals surface area contributed by atoms with E-state index >= 15 is 0 Å². The average molecular weight is 316 g/mol. The van der Waals surface area contributed by atoms with Gasteiger partial charge in [0.1, 0.15) is 5.60 Å². The second-order valence-electron chi connectivity index (χ2n) is 4.85. The van der Waals surface area contributed by atoms with Crippen LogP contribution in [0.4, 0.5) is 13.2 Å². The molecule has 0 bridgehead atoms. The summed E-state index contributed by atoms with van der Waals surface area (Å²) in [6.45, 7) is 1.70. The van der Waals surface area contributed by atoms with Crippen molar-refractivity contribution in [1.29, 1.82) is 0 Å². The van der Waals surface area contributed by atoms with Gasteiger partial charge in [-0.3, -0.25) is 4.98 Å². The normalized spacial score (nSPS) is 14.9. The van der Waals surface area contributed by atoms with Crippen LogP contribution >= 0.6 is 11.3 Å². The topological polar surface area (TPSA) is 45.1 Å². The van der Waals surface area contributed by atoms with Gasteiger partial charge in [0, 0.05) is 24.2 Å². The van der Waals surface area contributed by atoms with Gasteiger partial charge in [0.15, 0.2) is 0 Å². The predicted octanol–water partition coefficient (Wildman–Crippen LogP) is 3.16. The summed E-state index contributed by atoms with van der Waals surface area (Å²) in [4.78, 5) is 4.52. The van der Waals surface area contributed by atoms with Crippen LogP contribution in [0.15, 0.2) is 35.8 Å². The Balaban J connectivity index is 2.02. The minimum Gasteiger partial charge on any atom is -0.383 e. The predicted molar refractivity (Wildman–Crippen MR) is 74.8 cm³/mol. The molecule has 0 saturated heterocycles. The van der Waals surface area contributed by atoms with E-state index in [1.807, 2.05) is 11.4 Å². The number of aliphatic hydroxyl groups is 1. The van der Waals surface area contributed by atoms with Crippen LogP contribution in [0.2, 0.25) is 0 Å². The van der Waals surface area contributed by atoms with Gasteiger partial charge in [0.2, 0.25) is 0 Å². The maximum Gasteiger partial charge on any atom is 0.418 e. The summed E-state index contributed by atoms with van der Waals surface area (Å²) in [5, 5.41) is 15.0. The van der Waals surface area contributed by atoms with Gasteiger partial charge >= 0.3 is 6.18 Å². The van der Waals surface area contributed by atoms with E-state index in [1.165, 1.54) is 23.6 Å². The Morgan fingerprint density at radius 1 is 1.29 bits per heavy atom. The van der Waals surface area contributed by atoms with E-state index in [0.29, 0.717) is 0 Å². The number of rotatable bonds is 5. The van der Waals surface area contributed by atoms with Crippen molar-refractivity contribution >= 4 is 11.3 Å². The van der Waals surface area contributed by atoms with E-state index in [1.54, 1.807) is 13.0 Å². The van der Waals surface area contributed by atoms with E-state index < -0.39 is 17.3 Å². The highest BCUT2D eigenvalue weighted by Gasteiger charge is 2.33. The molecule has 2 aromatic rings. The minimum atomic E-state index is -4.43. The van der Waals surface area contributed by atoms with Crippen LogP contribution in [-0.4, -0.2) is 16.6 Å². The third-order valence-corrected chi connectivity index (χ3v) is 4.13. The summed E-state index contributed by atoms with van der Waals surface area (Å²) in [5.74, 6) is 0. The molecule has 2 heterocycles. The summed E-state index contributed by atoms with van der Waals surface area (Å²) in [6, 6.07) is 5.86. The van der Waals surface area contributed by atoms with Gasteiger partial charge in [-0.15, -0.1) is 11.3 Å². The molecule has 2 rings (SSSR count). The second kappa shape index (κ2) is 6.13. The highest BCUT2D eigenvalue weighted by Crippen LogP contribution is 2.31. The molecule has 21 heavy (non-hydrogen) atoms. The Morgan fingerprint density at radius 2 is 2.05 bits per heavy atom. The number of nitrogens with zero attached hydrogens (tertiary/aromatic N) is 1. The maximum atomic E-state index is 12.8. The number of aromatic nitrogens is 1. The molecule has 0 aliphatic rings. The summed E-state index contributed by atoms with van der Waals surface area (Å²) in [6.07, 6.45) is -3.11. The molecule has 0 radical (unpaired) electrons. The van der Waals surface area contributed by atoms with Gasteiger partial charge in [0.25, 0.3) is 0 Å². The molecule has 1 unspecified atom stereocenters. The fourth-order valence-corrected chi connectivity index (χ4v) is 2.72. The molecule has 0 spiro atoms. The largest absolute Gasteiger partial charge is 0.418 e. The number of alkyl halides is 3. The van der Waals surface area contributed by atoms with Gasteiger partial charge in [0.05, 0.1) is 11.3 Å². The van der Waals surface area contributed by atoms with Crippen LogP contribution in [-0.2, 0) is 18.3 Å². The second-order valence-corrected chi connectivity index (χ2v) is 5.80. The maximum absolute atomic E-state index is 12.8. The van der Waals surface area contributed by atoms with Crippen LogP contribution in [0.3, 0.4) is 0 Å². The number of halogens is 3. The summed E-state index contributed by atoms with van der Waals surface area (Å²) >= 11 is 1.40. The van der Waals surface area contributed by atoms with E-state index in [9.17, 15) is 18.3 Å². The van der Waals surface area contributed by atoms with Crippen molar-refractivity contribution < 1.29 is 18.3 Å². The number of nitrogens with one attached hydrogen (secondary N) is 1. The Kier molecular flexibility index (Phi) is 4.65. The number of pyridine rings is 1. The fourth-order valence-electron chi connectivity index (χ4n) is 1.93. The fraction of sp³-hybridized carbons (Fsp3) is 0.357. The summed E-state index contributed by atoms with van der Waals surface area (Å²) in [7, 11) is 0. The van der Waals surface area contributed by atoms with Crippen molar-refractivity contribution in [3.05, 3.63) is 52.0 Å². The van der Waals surface area contributed by atoms with Crippen molar-refractivity contribution in [1.82, 2.24) is 10.3 Å². The van der Waals surface area contributed by atoms with Crippen LogP contribution < -0.4 is 5.32 Å². The molecule has 7 heteroatoms. The van der Waals surface area contributed by atoms with E-state index in [4.69, 9.17) is 0 Å². The van der Waals surface area contributed by atoms with Gasteiger partial charge in [-0.25, -0.2) is 0 Å². The zero-order valence-electron chi connectivity index (χ0n) is 11.3. The zero-order valence-corrected chi connectivity index (χ0v) is 12.1. The average Bonchev–Trinajstić information content (AvgIpc) is 2.92. The standard InChI is InChI=1S/C14H15F3N2OS/c1-13(20,12-5-3-7-21-12)9-18-8-11-10(14(15,16)17)4-2-6-19-11/h2-7,18,20H,8-9H2,1H3. The van der Waals surface area contributed by atoms with Crippen molar-refractivity contribution in [2.45, 2.75) is 25.2 Å². The van der Waals surface area contributed by atoms with Gasteiger partial charge < -0.3 is 10.4 Å². The first-order chi connectivity index (χ1) is 9.81. The Morgan fingerprint density at radius 3 is 2.67 bits per heavy atom. The Labute approximate surface area is 124 Å². The van der Waals surface area contributed by atoms with Crippen LogP contribution in [0.5, 0.6) is 0 Å². The number of hydrogen-bond donors (Lipinski definition) is 2. The summed E-state index contributed by atoms with van der Waals surface area (Å²) < 4.78 is 38.5. The third kappa shape index (κ3) is 4.03. The molecule has 0 saturated carbocycles. The third-order valence-electron chi connectivity index (χ3n) is 3.01. The lowest BCUT2D eigenvalue weighted by molar-refractivity contribution is -0.138. The van der Waals surface area contributed by atoms with Gasteiger partial charge in [-0.1, -0.05) is 6.07 Å². The molecule has 0 aromatic carbocycles. The number of thiophene rings is 1. The monoisotopic (exact) mass is 316 g/mol. The van der Waals surface area contributed by atoms with Gasteiger partial charge in [-0.05, 0) is 30.5 Å². The lowest BCUT2D eigenvalue weighted by Gasteiger charge is -2.22. The van der Waals surface area contributed by atoms with Crippen molar-refractivity contribution in [2.24, 2.45) is 0 Å². The Bertz CT molecular complexity index is 582. The molecule has 3 nitrogen and oxygen atoms in total. The molecule has 1 atom stereocenters. The molecular weight excluding hydrogens is 301 g/mol. The molecule has 0 amide bonds. The first-order valence-corrected chi connectivity index (χ1v) is 7.17. The quantitative estimate of drug-likeness (QED) is 0.890. The molecule has 114 valence electrons. The zero-order chi connectivity index (χ0) is 15.5. The molecule has 2 N–H and O–H groups in total. The van der Waals surface area contributed by atoms with Crippen LogP contribution in [0.25, 0.3) is 0 Å². The molecule has 0 aliphatic heterocycles. The van der Waals surface area contributed by atoms with Crippen molar-refractivity contribution in [3.8, 4) is 0 Å². The minimum absolute atomic E-state index is 0.0583. The van der Waals surface area contributed by atoms with Crippen LogP contribution in [0, 0.1) is 0 Å². The van der Waals surface area contributed by atoms with E-state index in [0.717, 1.165) is 10.9 Å². The number of hydrogen-bond acceptors (Lipinski definition) is 4. The molecule has 0 aliphatic carbocycles. The van der Waals surface area contributed by atoms with E-state index in [-0.39, 0.29) is 18.8 Å². The molecular formula is C14H15F3N2OS. The first kappa shape index (κ1) is 15.9. The van der Waals surface area contributed by atoms with Gasteiger partial charge in [-0.2, -0.15) is 13.2 Å². The van der Waals surface area contributed by atoms with Crippen LogP contribution in [0.1, 0.15) is 23.1 Å². The summed E-state index contributed by atoms with van der Waals surface area (Å²) in [5.41, 5.74) is -1.96. The molecule has 0 fully saturated rings. The highest BCUT2D eigenvalue weighted by atomic mass is 32.1. The molecule has 2 aromatic heterocycles. The van der Waals surface area contributed by atoms with E-state index in [2.05, 4.69) is 10.3 Å². The smallest absolute Gasteiger partial charge is 0.383 e. The van der Waals surface area contributed by atoms with Crippen molar-refractivity contribution in [3.63, 3.8) is 0 Å².